The van der Waals surface area contributed by atoms with Crippen molar-refractivity contribution in [3.05, 3.63) is 33.1 Å². The monoisotopic (exact) mass is 461 g/mol. The molecular formula is C20H20BrN3O3S. The van der Waals surface area contributed by atoms with Crippen LogP contribution in [0.25, 0.3) is 11.6 Å². The van der Waals surface area contributed by atoms with Gasteiger partial charge in [0, 0.05) is 34.9 Å². The first-order valence-corrected chi connectivity index (χ1v) is 10.8. The second-order valence-corrected chi connectivity index (χ2v) is 8.64. The third kappa shape index (κ3) is 3.84. The van der Waals surface area contributed by atoms with Crippen LogP contribution in [-0.2, 0) is 9.53 Å². The molecule has 1 aromatic carbocycles. The van der Waals surface area contributed by atoms with Gasteiger partial charge < -0.3 is 14.7 Å². The normalized spacial score (nSPS) is 17.9. The molecule has 0 saturated carbocycles. The number of allylic oxidation sites excluding steroid dienone is 1. The molecule has 3 heterocycles. The molecule has 0 amide bonds. The van der Waals surface area contributed by atoms with Crippen molar-refractivity contribution >= 4 is 61.9 Å². The molecule has 0 radical (unpaired) electrons. The smallest absolute Gasteiger partial charge is 0.309 e. The molecule has 8 heteroatoms. The number of hydrogen-bond acceptors (Lipinski definition) is 7. The van der Waals surface area contributed by atoms with E-state index < -0.39 is 0 Å². The minimum Gasteiger partial charge on any atom is -0.492 e. The number of carbonyl (C=O) groups is 1. The van der Waals surface area contributed by atoms with E-state index in [4.69, 9.17) is 4.74 Å². The van der Waals surface area contributed by atoms with Gasteiger partial charge in [-0.3, -0.25) is 9.79 Å². The zero-order valence-corrected chi connectivity index (χ0v) is 17.8. The molecule has 1 N–H and O–H groups in total. The van der Waals surface area contributed by atoms with Gasteiger partial charge in [0.1, 0.15) is 0 Å². The number of aliphatic imine (C=N–C) groups is 1. The highest BCUT2D eigenvalue weighted by molar-refractivity contribution is 9.10. The Bertz CT molecular complexity index is 962. The van der Waals surface area contributed by atoms with Gasteiger partial charge in [0.05, 0.1) is 23.1 Å². The number of hydrogen-bond donors (Lipinski definition) is 1. The first-order valence-electron chi connectivity index (χ1n) is 9.22. The number of ether oxygens (including phenoxy) is 1. The number of halogens is 1. The lowest BCUT2D eigenvalue weighted by Gasteiger charge is -2.30. The molecule has 28 heavy (non-hydrogen) atoms. The molecule has 2 aliphatic heterocycles. The van der Waals surface area contributed by atoms with Crippen LogP contribution in [0.1, 0.15) is 30.2 Å². The second-order valence-electron chi connectivity index (χ2n) is 6.72. The maximum Gasteiger partial charge on any atom is 0.309 e. The number of aromatic nitrogens is 1. The quantitative estimate of drug-likeness (QED) is 0.670. The fraction of sp³-hybridized carbons (Fsp3) is 0.350. The van der Waals surface area contributed by atoms with E-state index in [-0.39, 0.29) is 17.8 Å². The minimum atomic E-state index is -0.111. The van der Waals surface area contributed by atoms with E-state index >= 15 is 0 Å². The molecule has 1 aromatic heterocycles. The zero-order valence-electron chi connectivity index (χ0n) is 15.4. The number of anilines is 1. The Labute approximate surface area is 175 Å². The summed E-state index contributed by atoms with van der Waals surface area (Å²) in [5, 5.41) is 11.1. The first-order chi connectivity index (χ1) is 13.5. The molecule has 0 unspecified atom stereocenters. The number of carbonyl (C=O) groups excluding carboxylic acids is 1. The third-order valence-corrected chi connectivity index (χ3v) is 6.45. The molecule has 1 saturated heterocycles. The average molecular weight is 462 g/mol. The Balaban J connectivity index is 1.50. The van der Waals surface area contributed by atoms with Crippen LogP contribution in [0.2, 0.25) is 0 Å². The van der Waals surface area contributed by atoms with Crippen molar-refractivity contribution in [3.63, 3.8) is 0 Å². The van der Waals surface area contributed by atoms with Gasteiger partial charge in [-0.15, -0.1) is 0 Å². The van der Waals surface area contributed by atoms with Gasteiger partial charge in [-0.2, -0.15) is 4.98 Å². The van der Waals surface area contributed by atoms with Gasteiger partial charge in [-0.25, -0.2) is 0 Å². The van der Waals surface area contributed by atoms with E-state index in [1.807, 2.05) is 31.2 Å². The summed E-state index contributed by atoms with van der Waals surface area (Å²) in [5.41, 5.74) is 2.89. The van der Waals surface area contributed by atoms with Crippen molar-refractivity contribution in [2.45, 2.75) is 19.8 Å². The molecule has 2 aromatic rings. The Morgan fingerprint density at radius 2 is 2.21 bits per heavy atom. The van der Waals surface area contributed by atoms with Gasteiger partial charge >= 0.3 is 5.97 Å². The number of nitrogens with zero attached hydrogens (tertiary/aromatic N) is 3. The summed E-state index contributed by atoms with van der Waals surface area (Å²) >= 11 is 4.94. The van der Waals surface area contributed by atoms with E-state index in [2.05, 4.69) is 30.8 Å². The van der Waals surface area contributed by atoms with Crippen LogP contribution < -0.4 is 4.90 Å². The Hall–Kier alpha value is -2.19. The summed E-state index contributed by atoms with van der Waals surface area (Å²) in [6.07, 6.45) is 5.21. The predicted molar refractivity (Wildman–Crippen MR) is 116 cm³/mol. The number of fused-ring (bicyclic) bond motifs is 1. The van der Waals surface area contributed by atoms with Gasteiger partial charge in [0.25, 0.3) is 0 Å². The number of thiazole rings is 1. The van der Waals surface area contributed by atoms with Crippen LogP contribution in [0.15, 0.2) is 27.7 Å². The van der Waals surface area contributed by atoms with Crippen molar-refractivity contribution in [1.29, 1.82) is 0 Å². The summed E-state index contributed by atoms with van der Waals surface area (Å²) in [4.78, 5) is 23.5. The van der Waals surface area contributed by atoms with Gasteiger partial charge in [0.2, 0.25) is 5.88 Å². The highest BCUT2D eigenvalue weighted by atomic mass is 79.9. The third-order valence-electron chi connectivity index (χ3n) is 4.91. The SMILES string of the molecule is CCOC(=O)C1CCN(c2nc(O)c(/C=C3/C=Nc4ccc(Br)cc43)s2)CC1. The average Bonchev–Trinajstić information content (AvgIpc) is 3.26. The summed E-state index contributed by atoms with van der Waals surface area (Å²) in [6.45, 7) is 3.70. The summed E-state index contributed by atoms with van der Waals surface area (Å²) in [5.74, 6) is -0.132. The van der Waals surface area contributed by atoms with Crippen molar-refractivity contribution < 1.29 is 14.6 Å². The lowest BCUT2D eigenvalue weighted by Crippen LogP contribution is -2.36. The number of piperidine rings is 1. The largest absolute Gasteiger partial charge is 0.492 e. The molecular weight excluding hydrogens is 442 g/mol. The van der Waals surface area contributed by atoms with Gasteiger partial charge in [-0.05, 0) is 44.0 Å². The van der Waals surface area contributed by atoms with Crippen LogP contribution in [0.3, 0.4) is 0 Å². The number of rotatable bonds is 4. The van der Waals surface area contributed by atoms with Gasteiger partial charge in [-0.1, -0.05) is 27.3 Å². The standard InChI is InChI=1S/C20H20BrN3O3S/c1-2-27-19(26)12-5-7-24(8-6-12)20-23-18(25)17(28-20)9-13-11-22-16-4-3-14(21)10-15(13)16/h3-4,9-12,25H,2,5-8H2,1H3/b13-9-. The van der Waals surface area contributed by atoms with E-state index in [1.165, 1.54) is 11.3 Å². The van der Waals surface area contributed by atoms with Crippen molar-refractivity contribution in [2.24, 2.45) is 10.9 Å². The molecule has 146 valence electrons. The van der Waals surface area contributed by atoms with E-state index in [0.717, 1.165) is 52.4 Å². The maximum absolute atomic E-state index is 11.9. The van der Waals surface area contributed by atoms with E-state index in [0.29, 0.717) is 11.5 Å². The molecule has 0 atom stereocenters. The van der Waals surface area contributed by atoms with Crippen molar-refractivity contribution in [2.75, 3.05) is 24.6 Å². The number of benzene rings is 1. The number of esters is 1. The lowest BCUT2D eigenvalue weighted by molar-refractivity contribution is -0.148. The number of aromatic hydroxyl groups is 1. The summed E-state index contributed by atoms with van der Waals surface area (Å²) in [7, 11) is 0. The second kappa shape index (κ2) is 8.05. The van der Waals surface area contributed by atoms with E-state index in [9.17, 15) is 9.90 Å². The molecule has 0 aliphatic carbocycles. The molecule has 0 spiro atoms. The first kappa shape index (κ1) is 19.1. The van der Waals surface area contributed by atoms with Crippen LogP contribution in [-0.4, -0.2) is 42.0 Å². The molecule has 2 aliphatic rings. The maximum atomic E-state index is 11.9. The van der Waals surface area contributed by atoms with E-state index in [1.54, 1.807) is 6.21 Å². The van der Waals surface area contributed by atoms with Gasteiger partial charge in [0.15, 0.2) is 5.13 Å². The highest BCUT2D eigenvalue weighted by Gasteiger charge is 2.28. The topological polar surface area (TPSA) is 75.0 Å². The van der Waals surface area contributed by atoms with Crippen molar-refractivity contribution in [3.8, 4) is 5.88 Å². The minimum absolute atomic E-state index is 0.0249. The zero-order chi connectivity index (χ0) is 19.7. The molecule has 6 nitrogen and oxygen atoms in total. The van der Waals surface area contributed by atoms with Crippen molar-refractivity contribution in [1.82, 2.24) is 4.98 Å². The molecule has 4 rings (SSSR count). The summed E-state index contributed by atoms with van der Waals surface area (Å²) in [6, 6.07) is 5.94. The Morgan fingerprint density at radius 3 is 2.96 bits per heavy atom. The fourth-order valence-corrected chi connectivity index (χ4v) is 4.75. The molecule has 0 bridgehead atoms. The van der Waals surface area contributed by atoms with Crippen LogP contribution in [0.4, 0.5) is 10.8 Å². The van der Waals surface area contributed by atoms with Crippen LogP contribution >= 0.6 is 27.3 Å². The predicted octanol–water partition coefficient (Wildman–Crippen LogP) is 4.65. The Kier molecular flexibility index (Phi) is 5.50. The lowest BCUT2D eigenvalue weighted by atomic mass is 9.97. The fourth-order valence-electron chi connectivity index (χ4n) is 3.43. The summed E-state index contributed by atoms with van der Waals surface area (Å²) < 4.78 is 6.11. The van der Waals surface area contributed by atoms with Crippen LogP contribution in [0.5, 0.6) is 5.88 Å². The van der Waals surface area contributed by atoms with Crippen LogP contribution in [0, 0.1) is 5.92 Å². The molecule has 1 fully saturated rings. The highest BCUT2D eigenvalue weighted by Crippen LogP contribution is 2.39. The Morgan fingerprint density at radius 1 is 1.43 bits per heavy atom.